The van der Waals surface area contributed by atoms with Gasteiger partial charge in [-0.3, -0.25) is 9.55 Å². The largest absolute Gasteiger partial charge is 0.293 e. The molecule has 0 radical (unpaired) electrons. The maximum atomic E-state index is 5.14. The van der Waals surface area contributed by atoms with E-state index in [0.717, 1.165) is 66.7 Å². The van der Waals surface area contributed by atoms with Crippen molar-refractivity contribution in [1.29, 1.82) is 0 Å². The van der Waals surface area contributed by atoms with E-state index in [2.05, 4.69) is 128 Å². The van der Waals surface area contributed by atoms with Crippen molar-refractivity contribution < 1.29 is 0 Å². The molecule has 0 saturated heterocycles. The fraction of sp³-hybridized carbons (Fsp3) is 0.0364. The lowest BCUT2D eigenvalue weighted by Gasteiger charge is -2.17. The predicted molar refractivity (Wildman–Crippen MR) is 251 cm³/mol. The summed E-state index contributed by atoms with van der Waals surface area (Å²) in [6.45, 7) is 4.16. The highest BCUT2D eigenvalue weighted by molar-refractivity contribution is 6.42. The topological polar surface area (TPSA) is 69.4 Å². The first-order valence-electron chi connectivity index (χ1n) is 20.6. The van der Waals surface area contributed by atoms with Crippen LogP contribution >= 0.6 is 0 Å². The van der Waals surface area contributed by atoms with Crippen LogP contribution in [0.15, 0.2) is 182 Å². The second-order valence-electron chi connectivity index (χ2n) is 15.8. The van der Waals surface area contributed by atoms with Gasteiger partial charge in [0, 0.05) is 56.2 Å². The summed E-state index contributed by atoms with van der Waals surface area (Å²) in [6.07, 6.45) is 3.90. The molecule has 0 saturated carbocycles. The van der Waals surface area contributed by atoms with E-state index in [1.807, 2.05) is 73.1 Å². The Hall–Kier alpha value is -8.09. The molecule has 4 aromatic heterocycles. The second kappa shape index (κ2) is 13.8. The molecule has 6 nitrogen and oxygen atoms in total. The van der Waals surface area contributed by atoms with E-state index >= 15 is 0 Å². The van der Waals surface area contributed by atoms with Crippen LogP contribution in [0, 0.1) is 13.8 Å². The monoisotopic (exact) mass is 780 g/mol. The first-order chi connectivity index (χ1) is 30.1. The van der Waals surface area contributed by atoms with E-state index in [1.165, 1.54) is 43.1 Å². The molecule has 4 heterocycles. The first-order valence-corrected chi connectivity index (χ1v) is 20.6. The number of nitrogens with zero attached hydrogens (tertiary/aromatic N) is 6. The Balaban J connectivity index is 1.22. The molecule has 6 heteroatoms. The Morgan fingerprint density at radius 3 is 1.51 bits per heavy atom. The molecule has 0 aliphatic rings. The molecule has 12 rings (SSSR count). The zero-order chi connectivity index (χ0) is 40.6. The van der Waals surface area contributed by atoms with Gasteiger partial charge in [-0.05, 0) is 93.7 Å². The minimum absolute atomic E-state index is 0.615. The third-order valence-electron chi connectivity index (χ3n) is 12.0. The third-order valence-corrected chi connectivity index (χ3v) is 12.0. The fourth-order valence-corrected chi connectivity index (χ4v) is 9.14. The lowest BCUT2D eigenvalue weighted by molar-refractivity contribution is 1.07. The maximum absolute atomic E-state index is 5.14. The Morgan fingerprint density at radius 2 is 0.885 bits per heavy atom. The van der Waals surface area contributed by atoms with E-state index < -0.39 is 0 Å². The average Bonchev–Trinajstić information content (AvgIpc) is 3.67. The van der Waals surface area contributed by atoms with Crippen LogP contribution in [-0.2, 0) is 0 Å². The SMILES string of the molecule is Cc1ccc(-c2ccc3c(c2)c2ccccc2c2c3c3ccccc3c3c4cc(-c5nc(-c6ccccc6)nc(-c6ccccc6)n5)ccc4n(-c4ccc(C)cn4)c32)nc1. The van der Waals surface area contributed by atoms with Gasteiger partial charge in [0.15, 0.2) is 17.5 Å². The van der Waals surface area contributed by atoms with E-state index in [1.54, 1.807) is 0 Å². The molecule has 8 aromatic carbocycles. The molecule has 0 bridgehead atoms. The summed E-state index contributed by atoms with van der Waals surface area (Å²) in [5.41, 5.74) is 9.25. The number of hydrogen-bond donors (Lipinski definition) is 0. The Labute approximate surface area is 351 Å². The second-order valence-corrected chi connectivity index (χ2v) is 15.8. The van der Waals surface area contributed by atoms with Crippen LogP contribution in [0.2, 0.25) is 0 Å². The maximum Gasteiger partial charge on any atom is 0.164 e. The van der Waals surface area contributed by atoms with Crippen LogP contribution < -0.4 is 0 Å². The standard InChI is InChI=1S/C55H36N6/c1-33-21-26-46(56-31-33)37-23-25-43-44(29-37)39-17-9-10-18-40(39)51-49(43)41-19-11-12-20-42(41)50-45-30-38(24-27-47(45)61(52(50)51)48-28-22-34(2)32-57-48)55-59-53(35-13-5-3-6-14-35)58-54(60-55)36-15-7-4-8-16-36/h3-32H,1-2H3. The minimum atomic E-state index is 0.615. The normalized spacial score (nSPS) is 11.8. The smallest absolute Gasteiger partial charge is 0.164 e. The van der Waals surface area contributed by atoms with Crippen molar-refractivity contribution in [3.05, 3.63) is 193 Å². The van der Waals surface area contributed by atoms with E-state index in [-0.39, 0.29) is 0 Å². The van der Waals surface area contributed by atoms with Crippen LogP contribution in [0.25, 0.3) is 116 Å². The number of aryl methyl sites for hydroxylation is 2. The van der Waals surface area contributed by atoms with Gasteiger partial charge in [0.1, 0.15) is 5.82 Å². The third kappa shape index (κ3) is 5.60. The van der Waals surface area contributed by atoms with Crippen LogP contribution in [0.5, 0.6) is 0 Å². The zero-order valence-electron chi connectivity index (χ0n) is 33.5. The predicted octanol–water partition coefficient (Wildman–Crippen LogP) is 13.7. The molecule has 12 aromatic rings. The van der Waals surface area contributed by atoms with Gasteiger partial charge in [0.2, 0.25) is 0 Å². The van der Waals surface area contributed by atoms with Crippen molar-refractivity contribution in [3.8, 4) is 51.2 Å². The van der Waals surface area contributed by atoms with E-state index in [0.29, 0.717) is 17.5 Å². The summed E-state index contributed by atoms with van der Waals surface area (Å²) in [6, 6.07) is 60.0. The highest BCUT2D eigenvalue weighted by Crippen LogP contribution is 2.48. The Kier molecular flexibility index (Phi) is 7.87. The van der Waals surface area contributed by atoms with Gasteiger partial charge in [0.05, 0.1) is 16.7 Å². The quantitative estimate of drug-likeness (QED) is 0.163. The number of aromatic nitrogens is 6. The van der Waals surface area contributed by atoms with Crippen LogP contribution in [0.3, 0.4) is 0 Å². The fourth-order valence-electron chi connectivity index (χ4n) is 9.14. The van der Waals surface area contributed by atoms with E-state index in [9.17, 15) is 0 Å². The molecule has 286 valence electrons. The Morgan fingerprint density at radius 1 is 0.361 bits per heavy atom. The van der Waals surface area contributed by atoms with Crippen LogP contribution in [0.1, 0.15) is 11.1 Å². The van der Waals surface area contributed by atoms with Gasteiger partial charge < -0.3 is 0 Å². The van der Waals surface area contributed by atoms with Crippen molar-refractivity contribution >= 4 is 64.9 Å². The molecular formula is C55H36N6. The summed E-state index contributed by atoms with van der Waals surface area (Å²) in [4.78, 5) is 25.2. The number of pyridine rings is 2. The Bertz CT molecular complexity index is 3630. The average molecular weight is 781 g/mol. The molecule has 0 fully saturated rings. The van der Waals surface area contributed by atoms with Gasteiger partial charge in [-0.1, -0.05) is 133 Å². The molecule has 0 unspecified atom stereocenters. The number of fused-ring (bicyclic) bond motifs is 13. The highest BCUT2D eigenvalue weighted by atomic mass is 15.1. The molecule has 0 amide bonds. The first kappa shape index (κ1) is 34.9. The molecule has 0 aliphatic heterocycles. The minimum Gasteiger partial charge on any atom is -0.293 e. The molecular weight excluding hydrogens is 745 g/mol. The molecule has 0 spiro atoms. The molecule has 61 heavy (non-hydrogen) atoms. The van der Waals surface area contributed by atoms with Crippen molar-refractivity contribution in [2.45, 2.75) is 13.8 Å². The van der Waals surface area contributed by atoms with E-state index in [4.69, 9.17) is 24.9 Å². The number of rotatable bonds is 5. The van der Waals surface area contributed by atoms with Crippen LogP contribution in [-0.4, -0.2) is 29.5 Å². The van der Waals surface area contributed by atoms with Crippen molar-refractivity contribution in [2.24, 2.45) is 0 Å². The van der Waals surface area contributed by atoms with Crippen molar-refractivity contribution in [2.75, 3.05) is 0 Å². The van der Waals surface area contributed by atoms with Crippen molar-refractivity contribution in [3.63, 3.8) is 0 Å². The van der Waals surface area contributed by atoms with Gasteiger partial charge in [-0.25, -0.2) is 19.9 Å². The van der Waals surface area contributed by atoms with Gasteiger partial charge >= 0.3 is 0 Å². The summed E-state index contributed by atoms with van der Waals surface area (Å²) < 4.78 is 2.36. The molecule has 0 aliphatic carbocycles. The molecule has 0 atom stereocenters. The summed E-state index contributed by atoms with van der Waals surface area (Å²) in [5.74, 6) is 2.74. The van der Waals surface area contributed by atoms with Gasteiger partial charge in [-0.15, -0.1) is 0 Å². The highest BCUT2D eigenvalue weighted by Gasteiger charge is 2.24. The van der Waals surface area contributed by atoms with Crippen molar-refractivity contribution in [1.82, 2.24) is 29.5 Å². The lowest BCUT2D eigenvalue weighted by atomic mass is 9.88. The summed E-state index contributed by atoms with van der Waals surface area (Å²) in [5, 5.41) is 11.8. The van der Waals surface area contributed by atoms with Gasteiger partial charge in [-0.2, -0.15) is 0 Å². The zero-order valence-corrected chi connectivity index (χ0v) is 33.5. The summed E-state index contributed by atoms with van der Waals surface area (Å²) >= 11 is 0. The number of hydrogen-bond acceptors (Lipinski definition) is 5. The van der Waals surface area contributed by atoms with Crippen LogP contribution in [0.4, 0.5) is 0 Å². The lowest BCUT2D eigenvalue weighted by Crippen LogP contribution is -2.00. The summed E-state index contributed by atoms with van der Waals surface area (Å²) in [7, 11) is 0. The van der Waals surface area contributed by atoms with Gasteiger partial charge in [0.25, 0.3) is 0 Å². The number of benzene rings is 8. The molecule has 0 N–H and O–H groups in total.